The normalized spacial score (nSPS) is 11.0. The molecule has 0 bridgehead atoms. The van der Waals surface area contributed by atoms with E-state index in [1.165, 1.54) is 25.5 Å². The van der Waals surface area contributed by atoms with Crippen LogP contribution >= 0.6 is 0 Å². The van der Waals surface area contributed by atoms with Crippen molar-refractivity contribution in [3.8, 4) is 17.5 Å². The summed E-state index contributed by atoms with van der Waals surface area (Å²) in [6, 6.07) is 11.5. The van der Waals surface area contributed by atoms with E-state index in [-0.39, 0.29) is 17.0 Å². The summed E-state index contributed by atoms with van der Waals surface area (Å²) in [5, 5.41) is 21.0. The van der Waals surface area contributed by atoms with E-state index in [1.807, 2.05) is 6.07 Å². The smallest absolute Gasteiger partial charge is 0.314 e. The first-order valence-electron chi connectivity index (χ1n) is 7.88. The lowest BCUT2D eigenvalue weighted by Crippen LogP contribution is -2.22. The van der Waals surface area contributed by atoms with Gasteiger partial charge in [-0.05, 0) is 24.3 Å². The van der Waals surface area contributed by atoms with Crippen LogP contribution in [0.25, 0.3) is 11.5 Å². The maximum Gasteiger partial charge on any atom is 0.314 e. The Labute approximate surface area is 157 Å². The van der Waals surface area contributed by atoms with Crippen molar-refractivity contribution in [3.63, 3.8) is 0 Å². The zero-order valence-electron chi connectivity index (χ0n) is 14.5. The molecule has 140 valence electrons. The minimum atomic E-state index is -2.85. The van der Waals surface area contributed by atoms with Crippen molar-refractivity contribution in [2.75, 3.05) is 7.05 Å². The average molecular weight is 382 g/mol. The number of rotatable bonds is 5. The summed E-state index contributed by atoms with van der Waals surface area (Å²) in [6.45, 7) is 0. The summed E-state index contributed by atoms with van der Waals surface area (Å²) in [5.74, 6) is -1.29. The molecule has 0 aliphatic carbocycles. The lowest BCUT2D eigenvalue weighted by Gasteiger charge is -2.11. The molecule has 0 atom stereocenters. The molecule has 0 saturated carbocycles. The van der Waals surface area contributed by atoms with E-state index in [9.17, 15) is 13.6 Å². The minimum Gasteiger partial charge on any atom is -0.415 e. The molecular weight excluding hydrogens is 370 g/mol. The fraction of sp³-hybridized carbons (Fsp3) is 0.111. The Hall–Kier alpha value is -4.00. The number of pyridine rings is 1. The van der Waals surface area contributed by atoms with E-state index < -0.39 is 18.2 Å². The van der Waals surface area contributed by atoms with Crippen LogP contribution in [0.3, 0.4) is 0 Å². The Balaban J connectivity index is 1.71. The summed E-state index contributed by atoms with van der Waals surface area (Å²) in [5.41, 5.74) is 1.26. The topological polar surface area (TPSA) is 108 Å². The number of halogens is 2. The van der Waals surface area contributed by atoms with Gasteiger partial charge in [0.05, 0.1) is 34.7 Å². The second-order valence-electron chi connectivity index (χ2n) is 5.45. The van der Waals surface area contributed by atoms with Crippen LogP contribution in [0.2, 0.25) is 0 Å². The highest BCUT2D eigenvalue weighted by Crippen LogP contribution is 2.22. The summed E-state index contributed by atoms with van der Waals surface area (Å²) in [4.78, 5) is 16.5. The van der Waals surface area contributed by atoms with Crippen molar-refractivity contribution in [3.05, 3.63) is 65.3 Å². The molecule has 0 aliphatic heterocycles. The molecule has 1 aromatic carbocycles. The number of nitrogens with zero attached hydrogens (tertiary/aromatic N) is 6. The van der Waals surface area contributed by atoms with Gasteiger partial charge in [-0.25, -0.2) is 5.01 Å². The van der Waals surface area contributed by atoms with E-state index in [0.717, 1.165) is 5.01 Å². The summed E-state index contributed by atoms with van der Waals surface area (Å²) >= 11 is 0. The van der Waals surface area contributed by atoms with Gasteiger partial charge < -0.3 is 4.42 Å². The van der Waals surface area contributed by atoms with Crippen molar-refractivity contribution in [1.29, 1.82) is 5.26 Å². The van der Waals surface area contributed by atoms with Crippen molar-refractivity contribution in [1.82, 2.24) is 20.2 Å². The predicted molar refractivity (Wildman–Crippen MR) is 93.3 cm³/mol. The van der Waals surface area contributed by atoms with Crippen LogP contribution in [0.4, 0.5) is 8.78 Å². The van der Waals surface area contributed by atoms with Crippen LogP contribution in [0.1, 0.15) is 33.9 Å². The van der Waals surface area contributed by atoms with Gasteiger partial charge in [-0.1, -0.05) is 12.1 Å². The fourth-order valence-electron chi connectivity index (χ4n) is 2.19. The Morgan fingerprint density at radius 2 is 2.07 bits per heavy atom. The van der Waals surface area contributed by atoms with Crippen LogP contribution in [-0.2, 0) is 0 Å². The van der Waals surface area contributed by atoms with Gasteiger partial charge in [0, 0.05) is 13.2 Å². The standard InChI is InChI=1S/C18H12F2N6O2/c1-26(18(27)14-5-3-2-4-11(14)8-21)23-10-13-7-6-12(9-22-13)16-24-25-17(28-16)15(19)20/h2-7,9-10,15H,1H3/b23-10+. The molecule has 3 aromatic rings. The van der Waals surface area contributed by atoms with Gasteiger partial charge in [0.25, 0.3) is 11.8 Å². The van der Waals surface area contributed by atoms with Gasteiger partial charge in [-0.3, -0.25) is 9.78 Å². The molecule has 8 nitrogen and oxygen atoms in total. The average Bonchev–Trinajstić information content (AvgIpc) is 3.22. The number of amides is 1. The number of alkyl halides is 2. The Morgan fingerprint density at radius 3 is 2.71 bits per heavy atom. The zero-order chi connectivity index (χ0) is 20.1. The van der Waals surface area contributed by atoms with Crippen molar-refractivity contribution < 1.29 is 18.0 Å². The number of aromatic nitrogens is 3. The molecule has 10 heteroatoms. The molecular formula is C18H12F2N6O2. The van der Waals surface area contributed by atoms with Gasteiger partial charge in [0.1, 0.15) is 0 Å². The van der Waals surface area contributed by atoms with Crippen molar-refractivity contribution in [2.45, 2.75) is 6.43 Å². The van der Waals surface area contributed by atoms with E-state index in [2.05, 4.69) is 20.3 Å². The quantitative estimate of drug-likeness (QED) is 0.496. The number of hydrazone groups is 1. The summed E-state index contributed by atoms with van der Waals surface area (Å²) < 4.78 is 29.8. The first-order chi connectivity index (χ1) is 13.5. The fourth-order valence-corrected chi connectivity index (χ4v) is 2.19. The van der Waals surface area contributed by atoms with Gasteiger partial charge >= 0.3 is 6.43 Å². The lowest BCUT2D eigenvalue weighted by molar-refractivity contribution is 0.0800. The molecule has 28 heavy (non-hydrogen) atoms. The molecule has 3 rings (SSSR count). The Bertz CT molecular complexity index is 1060. The first kappa shape index (κ1) is 18.8. The van der Waals surface area contributed by atoms with E-state index in [4.69, 9.17) is 9.68 Å². The molecule has 0 radical (unpaired) electrons. The first-order valence-corrected chi connectivity index (χ1v) is 7.88. The van der Waals surface area contributed by atoms with E-state index in [0.29, 0.717) is 11.3 Å². The highest BCUT2D eigenvalue weighted by Gasteiger charge is 2.17. The van der Waals surface area contributed by atoms with E-state index >= 15 is 0 Å². The van der Waals surface area contributed by atoms with Crippen LogP contribution in [-0.4, -0.2) is 39.4 Å². The van der Waals surface area contributed by atoms with Gasteiger partial charge in [-0.15, -0.1) is 10.2 Å². The SMILES string of the molecule is CN(/N=C/c1ccc(-c2nnc(C(F)F)o2)cn1)C(=O)c1ccccc1C#N. The molecule has 0 fully saturated rings. The Morgan fingerprint density at radius 1 is 1.29 bits per heavy atom. The molecule has 0 unspecified atom stereocenters. The van der Waals surface area contributed by atoms with Gasteiger partial charge in [-0.2, -0.15) is 19.1 Å². The number of benzene rings is 1. The predicted octanol–water partition coefficient (Wildman–Crippen LogP) is 3.05. The molecule has 0 saturated heterocycles. The molecule has 0 spiro atoms. The zero-order valence-corrected chi connectivity index (χ0v) is 14.5. The van der Waals surface area contributed by atoms with Crippen molar-refractivity contribution >= 4 is 12.1 Å². The molecule has 2 heterocycles. The van der Waals surface area contributed by atoms with Crippen LogP contribution in [0, 0.1) is 11.3 Å². The minimum absolute atomic E-state index is 0.0771. The number of nitriles is 1. The van der Waals surface area contributed by atoms with Crippen LogP contribution in [0.5, 0.6) is 0 Å². The molecule has 0 aliphatic rings. The molecule has 2 aromatic heterocycles. The van der Waals surface area contributed by atoms with E-state index in [1.54, 1.807) is 30.3 Å². The van der Waals surface area contributed by atoms with Crippen molar-refractivity contribution in [2.24, 2.45) is 5.10 Å². The highest BCUT2D eigenvalue weighted by atomic mass is 19.3. The largest absolute Gasteiger partial charge is 0.415 e. The number of hydrogen-bond donors (Lipinski definition) is 0. The molecule has 0 N–H and O–H groups in total. The third-order valence-corrected chi connectivity index (χ3v) is 3.60. The third-order valence-electron chi connectivity index (χ3n) is 3.60. The number of carbonyl (C=O) groups excluding carboxylic acids is 1. The Kier molecular flexibility index (Phi) is 5.45. The second-order valence-corrected chi connectivity index (χ2v) is 5.45. The van der Waals surface area contributed by atoms with Crippen LogP contribution < -0.4 is 0 Å². The monoisotopic (exact) mass is 382 g/mol. The molecule has 1 amide bonds. The summed E-state index contributed by atoms with van der Waals surface area (Å²) in [7, 11) is 1.45. The third kappa shape index (κ3) is 4.04. The maximum atomic E-state index is 12.5. The van der Waals surface area contributed by atoms with Gasteiger partial charge in [0.15, 0.2) is 0 Å². The number of hydrogen-bond acceptors (Lipinski definition) is 7. The second kappa shape index (κ2) is 8.13. The van der Waals surface area contributed by atoms with Crippen LogP contribution in [0.15, 0.2) is 52.1 Å². The summed E-state index contributed by atoms with van der Waals surface area (Å²) in [6.07, 6.45) is -0.147. The lowest BCUT2D eigenvalue weighted by atomic mass is 10.1. The highest BCUT2D eigenvalue weighted by molar-refractivity contribution is 5.96. The number of carbonyl (C=O) groups is 1. The maximum absolute atomic E-state index is 12.5. The van der Waals surface area contributed by atoms with Gasteiger partial charge in [0.2, 0.25) is 5.89 Å².